The average Bonchev–Trinajstić information content (AvgIpc) is 2.78. The highest BCUT2D eigenvalue weighted by atomic mass is 32.2. The number of ether oxygens (including phenoxy) is 1. The Kier molecular flexibility index (Phi) is 8.08. The van der Waals surface area contributed by atoms with Crippen molar-refractivity contribution in [3.05, 3.63) is 95.6 Å². The van der Waals surface area contributed by atoms with Crippen molar-refractivity contribution in [2.24, 2.45) is 15.9 Å². The number of nitrogens with zero attached hydrogens (tertiary/aromatic N) is 2. The maximum Gasteiger partial charge on any atom is 0.492 e. The minimum atomic E-state index is -1.67. The molecule has 8 heteroatoms. The van der Waals surface area contributed by atoms with Gasteiger partial charge in [0.25, 0.3) is 0 Å². The van der Waals surface area contributed by atoms with Gasteiger partial charge in [-0.2, -0.15) is 5.10 Å². The lowest BCUT2D eigenvalue weighted by molar-refractivity contribution is 0.306. The molecule has 0 saturated carbocycles. The molecule has 0 spiro atoms. The molecule has 0 fully saturated rings. The maximum absolute atomic E-state index is 9.70. The van der Waals surface area contributed by atoms with Crippen molar-refractivity contribution >= 4 is 35.7 Å². The van der Waals surface area contributed by atoms with Crippen LogP contribution in [0.15, 0.2) is 89.1 Å². The van der Waals surface area contributed by atoms with E-state index in [9.17, 15) is 10.0 Å². The van der Waals surface area contributed by atoms with Crippen LogP contribution in [0.3, 0.4) is 0 Å². The molecule has 3 rings (SSSR count). The molecular formula is C22H22BN3O3S. The first-order valence-corrected chi connectivity index (χ1v) is 10.3. The Balaban J connectivity index is 1.62. The molecule has 0 unspecified atom stereocenters. The van der Waals surface area contributed by atoms with E-state index in [0.717, 1.165) is 11.1 Å². The Bertz CT molecular complexity index is 999. The summed E-state index contributed by atoms with van der Waals surface area (Å²) in [6, 6.07) is 24.6. The molecule has 0 aromatic heterocycles. The first-order chi connectivity index (χ1) is 14.6. The second-order valence-electron chi connectivity index (χ2n) is 6.40. The van der Waals surface area contributed by atoms with Crippen LogP contribution < -0.4 is 15.9 Å². The summed E-state index contributed by atoms with van der Waals surface area (Å²) >= 11 is 1.39. The van der Waals surface area contributed by atoms with Crippen molar-refractivity contribution in [1.29, 1.82) is 0 Å². The summed E-state index contributed by atoms with van der Waals surface area (Å²) in [7, 11) is -1.67. The Morgan fingerprint density at radius 3 is 2.30 bits per heavy atom. The van der Waals surface area contributed by atoms with E-state index in [-0.39, 0.29) is 5.46 Å². The van der Waals surface area contributed by atoms with Gasteiger partial charge < -0.3 is 20.5 Å². The molecule has 3 aromatic rings. The van der Waals surface area contributed by atoms with Crippen LogP contribution in [-0.2, 0) is 12.4 Å². The van der Waals surface area contributed by atoms with Crippen LogP contribution in [0.4, 0.5) is 0 Å². The lowest BCUT2D eigenvalue weighted by atomic mass is 9.79. The van der Waals surface area contributed by atoms with Crippen LogP contribution in [0.5, 0.6) is 5.75 Å². The Morgan fingerprint density at radius 1 is 0.967 bits per heavy atom. The highest BCUT2D eigenvalue weighted by molar-refractivity contribution is 8.13. The summed E-state index contributed by atoms with van der Waals surface area (Å²) in [5.41, 5.74) is 8.92. The lowest BCUT2D eigenvalue weighted by Crippen LogP contribution is -2.31. The summed E-state index contributed by atoms with van der Waals surface area (Å²) in [4.78, 5) is 0. The summed E-state index contributed by atoms with van der Waals surface area (Å²) in [6.07, 6.45) is 1.50. The molecule has 6 nitrogen and oxygen atoms in total. The van der Waals surface area contributed by atoms with Gasteiger partial charge in [0.15, 0.2) is 5.17 Å². The largest absolute Gasteiger partial charge is 0.492 e. The molecule has 152 valence electrons. The Labute approximate surface area is 180 Å². The van der Waals surface area contributed by atoms with Gasteiger partial charge in [-0.1, -0.05) is 72.4 Å². The standard InChI is InChI=1S/C22H22BN3O3S/c24-22(30-16-18-9-5-2-6-10-18)26-25-14-19-11-12-21(20(13-19)23(27)28)29-15-17-7-3-1-4-8-17/h1-14,27-28H,15-16H2,(H2,24,26). The molecule has 0 aliphatic carbocycles. The predicted octanol–water partition coefficient (Wildman–Crippen LogP) is 2.53. The third-order valence-corrected chi connectivity index (χ3v) is 5.00. The second-order valence-corrected chi connectivity index (χ2v) is 7.40. The van der Waals surface area contributed by atoms with Crippen LogP contribution in [0.2, 0.25) is 0 Å². The summed E-state index contributed by atoms with van der Waals surface area (Å²) < 4.78 is 5.74. The third-order valence-electron chi connectivity index (χ3n) is 4.14. The zero-order valence-electron chi connectivity index (χ0n) is 16.3. The van der Waals surface area contributed by atoms with Crippen molar-refractivity contribution in [2.45, 2.75) is 12.4 Å². The van der Waals surface area contributed by atoms with Gasteiger partial charge in [0.05, 0.1) is 6.21 Å². The monoisotopic (exact) mass is 419 g/mol. The van der Waals surface area contributed by atoms with E-state index in [1.54, 1.807) is 18.2 Å². The van der Waals surface area contributed by atoms with Gasteiger partial charge in [-0.3, -0.25) is 0 Å². The number of hydrogen-bond acceptors (Lipinski definition) is 6. The SMILES string of the molecule is NC(=NN=Cc1ccc(OCc2ccccc2)c(B(O)O)c1)SCc1ccccc1. The molecule has 0 heterocycles. The number of nitrogens with two attached hydrogens (primary N) is 1. The highest BCUT2D eigenvalue weighted by Gasteiger charge is 2.17. The van der Waals surface area contributed by atoms with Gasteiger partial charge in [-0.25, -0.2) is 0 Å². The molecule has 0 amide bonds. The average molecular weight is 419 g/mol. The van der Waals surface area contributed by atoms with E-state index in [4.69, 9.17) is 10.5 Å². The molecule has 0 bridgehead atoms. The number of benzene rings is 3. The summed E-state index contributed by atoms with van der Waals surface area (Å²) in [6.45, 7) is 0.327. The van der Waals surface area contributed by atoms with Crippen LogP contribution in [0.25, 0.3) is 0 Å². The van der Waals surface area contributed by atoms with Gasteiger partial charge in [-0.15, -0.1) is 5.10 Å². The van der Waals surface area contributed by atoms with Gasteiger partial charge >= 0.3 is 7.12 Å². The zero-order valence-corrected chi connectivity index (χ0v) is 17.1. The number of thioether (sulfide) groups is 1. The van der Waals surface area contributed by atoms with Crippen molar-refractivity contribution in [1.82, 2.24) is 0 Å². The molecule has 0 saturated heterocycles. The molecule has 0 atom stereocenters. The molecule has 30 heavy (non-hydrogen) atoms. The minimum Gasteiger partial charge on any atom is -0.489 e. The number of amidine groups is 1. The van der Waals surface area contributed by atoms with Crippen molar-refractivity contribution in [2.75, 3.05) is 0 Å². The molecule has 0 radical (unpaired) electrons. The summed E-state index contributed by atoms with van der Waals surface area (Å²) in [5.74, 6) is 1.10. The molecule has 0 aliphatic heterocycles. The Morgan fingerprint density at radius 2 is 1.63 bits per heavy atom. The third kappa shape index (κ3) is 6.77. The lowest BCUT2D eigenvalue weighted by Gasteiger charge is -2.12. The zero-order chi connectivity index (χ0) is 21.2. The molecular weight excluding hydrogens is 397 g/mol. The van der Waals surface area contributed by atoms with Crippen molar-refractivity contribution < 1.29 is 14.8 Å². The number of hydrogen-bond donors (Lipinski definition) is 3. The molecule has 3 aromatic carbocycles. The second kappa shape index (κ2) is 11.2. The van der Waals surface area contributed by atoms with E-state index < -0.39 is 7.12 Å². The van der Waals surface area contributed by atoms with E-state index >= 15 is 0 Å². The highest BCUT2D eigenvalue weighted by Crippen LogP contribution is 2.13. The van der Waals surface area contributed by atoms with Crippen LogP contribution in [0, 0.1) is 0 Å². The van der Waals surface area contributed by atoms with E-state index in [0.29, 0.717) is 28.8 Å². The first-order valence-electron chi connectivity index (χ1n) is 9.32. The molecule has 4 N–H and O–H groups in total. The van der Waals surface area contributed by atoms with Gasteiger partial charge in [0.1, 0.15) is 12.4 Å². The van der Waals surface area contributed by atoms with E-state index in [2.05, 4.69) is 10.2 Å². The quantitative estimate of drug-likeness (QED) is 0.226. The Hall–Kier alpha value is -3.07. The first kappa shape index (κ1) is 21.6. The molecule has 0 aliphatic rings. The topological polar surface area (TPSA) is 100 Å². The van der Waals surface area contributed by atoms with Crippen LogP contribution in [-0.4, -0.2) is 28.5 Å². The fourth-order valence-corrected chi connectivity index (χ4v) is 3.24. The van der Waals surface area contributed by atoms with Crippen LogP contribution >= 0.6 is 11.8 Å². The predicted molar refractivity (Wildman–Crippen MR) is 124 cm³/mol. The van der Waals surface area contributed by atoms with Gasteiger partial charge in [0.2, 0.25) is 0 Å². The van der Waals surface area contributed by atoms with Gasteiger partial charge in [-0.05, 0) is 34.9 Å². The fourth-order valence-electron chi connectivity index (χ4n) is 2.63. The van der Waals surface area contributed by atoms with Crippen LogP contribution in [0.1, 0.15) is 16.7 Å². The fraction of sp³-hybridized carbons (Fsp3) is 0.0909. The number of rotatable bonds is 8. The maximum atomic E-state index is 9.70. The van der Waals surface area contributed by atoms with E-state index in [1.165, 1.54) is 18.0 Å². The smallest absolute Gasteiger partial charge is 0.489 e. The summed E-state index contributed by atoms with van der Waals surface area (Å²) in [5, 5.41) is 27.7. The van der Waals surface area contributed by atoms with E-state index in [1.807, 2.05) is 60.7 Å². The normalized spacial score (nSPS) is 11.6. The van der Waals surface area contributed by atoms with Crippen molar-refractivity contribution in [3.8, 4) is 5.75 Å². The minimum absolute atomic E-state index is 0.255. The van der Waals surface area contributed by atoms with Gasteiger partial charge in [0, 0.05) is 11.2 Å². The van der Waals surface area contributed by atoms with Crippen molar-refractivity contribution in [3.63, 3.8) is 0 Å².